The Kier molecular flexibility index (Phi) is 6.66. The summed E-state index contributed by atoms with van der Waals surface area (Å²) < 4.78 is 16.5. The van der Waals surface area contributed by atoms with Gasteiger partial charge in [0.25, 0.3) is 5.56 Å². The Hall–Kier alpha value is -4.59. The third kappa shape index (κ3) is 5.22. The third-order valence-corrected chi connectivity index (χ3v) is 5.94. The number of carbonyl (C=O) groups is 1. The van der Waals surface area contributed by atoms with Crippen LogP contribution in [-0.2, 0) is 24.3 Å². The molecule has 2 heterocycles. The Morgan fingerprint density at radius 1 is 0.917 bits per heavy atom. The van der Waals surface area contributed by atoms with Crippen LogP contribution >= 0.6 is 0 Å². The first-order chi connectivity index (χ1) is 17.6. The van der Waals surface area contributed by atoms with Crippen molar-refractivity contribution < 1.29 is 9.18 Å². The molecular formula is C28H24FN5O2. The number of carbonyl (C=O) groups excluding carboxylic acids is 1. The van der Waals surface area contributed by atoms with E-state index in [4.69, 9.17) is 0 Å². The van der Waals surface area contributed by atoms with Crippen LogP contribution in [0, 0.1) is 5.82 Å². The van der Waals surface area contributed by atoms with Gasteiger partial charge in [0.2, 0.25) is 5.91 Å². The number of benzene rings is 3. The molecule has 36 heavy (non-hydrogen) atoms. The van der Waals surface area contributed by atoms with E-state index in [0.29, 0.717) is 29.7 Å². The second kappa shape index (κ2) is 10.4. The fraction of sp³-hybridized carbons (Fsp3) is 0.143. The zero-order valence-electron chi connectivity index (χ0n) is 19.5. The number of nitrogens with one attached hydrogen (secondary N) is 1. The highest BCUT2D eigenvalue weighted by molar-refractivity contribution is 5.79. The van der Waals surface area contributed by atoms with Crippen molar-refractivity contribution in [3.63, 3.8) is 0 Å². The summed E-state index contributed by atoms with van der Waals surface area (Å²) in [6.45, 7) is 0.946. The molecule has 0 fully saturated rings. The largest absolute Gasteiger partial charge is 0.354 e. The minimum Gasteiger partial charge on any atom is -0.354 e. The number of aromatic nitrogens is 4. The molecular weight excluding hydrogens is 457 g/mol. The van der Waals surface area contributed by atoms with Gasteiger partial charge in [0.1, 0.15) is 17.5 Å². The molecule has 5 rings (SSSR count). The zero-order chi connectivity index (χ0) is 24.9. The molecule has 0 spiro atoms. The second-order valence-corrected chi connectivity index (χ2v) is 8.50. The van der Waals surface area contributed by atoms with Gasteiger partial charge in [-0.05, 0) is 34.4 Å². The predicted molar refractivity (Wildman–Crippen MR) is 136 cm³/mol. The highest BCUT2D eigenvalue weighted by Crippen LogP contribution is 2.19. The minimum absolute atomic E-state index is 0.0932. The lowest BCUT2D eigenvalue weighted by Crippen LogP contribution is -2.29. The summed E-state index contributed by atoms with van der Waals surface area (Å²) in [5, 5.41) is 7.54. The average Bonchev–Trinajstić information content (AvgIpc) is 3.30. The maximum atomic E-state index is 13.5. The van der Waals surface area contributed by atoms with Crippen LogP contribution in [0.2, 0.25) is 0 Å². The van der Waals surface area contributed by atoms with Gasteiger partial charge < -0.3 is 5.32 Å². The number of amides is 1. The first-order valence-corrected chi connectivity index (χ1v) is 11.6. The van der Waals surface area contributed by atoms with Gasteiger partial charge in [-0.15, -0.1) is 0 Å². The number of nitrogens with zero attached hydrogens (tertiary/aromatic N) is 4. The van der Waals surface area contributed by atoms with Crippen molar-refractivity contribution in [3.05, 3.63) is 119 Å². The van der Waals surface area contributed by atoms with E-state index in [1.807, 2.05) is 42.5 Å². The van der Waals surface area contributed by atoms with Gasteiger partial charge >= 0.3 is 0 Å². The SMILES string of the molecule is O=C(Cc1ccc(-c2ccccc2)cc1)NCCn1ncc2c(=O)n(Cc3cccc(F)c3)cnc21. The topological polar surface area (TPSA) is 81.8 Å². The molecule has 180 valence electrons. The van der Waals surface area contributed by atoms with E-state index < -0.39 is 0 Å². The molecule has 0 radical (unpaired) electrons. The average molecular weight is 482 g/mol. The van der Waals surface area contributed by atoms with Crippen molar-refractivity contribution in [2.24, 2.45) is 0 Å². The Balaban J connectivity index is 1.18. The van der Waals surface area contributed by atoms with Gasteiger partial charge in [-0.1, -0.05) is 66.7 Å². The summed E-state index contributed by atoms with van der Waals surface area (Å²) in [7, 11) is 0. The molecule has 7 nitrogen and oxygen atoms in total. The lowest BCUT2D eigenvalue weighted by atomic mass is 10.0. The smallest absolute Gasteiger partial charge is 0.264 e. The van der Waals surface area contributed by atoms with Gasteiger partial charge in [0.05, 0.1) is 25.7 Å². The highest BCUT2D eigenvalue weighted by atomic mass is 19.1. The minimum atomic E-state index is -0.353. The number of hydrogen-bond acceptors (Lipinski definition) is 4. The Labute approximate surface area is 206 Å². The summed E-state index contributed by atoms with van der Waals surface area (Å²) in [6.07, 6.45) is 3.19. The van der Waals surface area contributed by atoms with Crippen LogP contribution in [0.3, 0.4) is 0 Å². The number of halogens is 1. The normalized spacial score (nSPS) is 11.0. The molecule has 0 aliphatic heterocycles. The molecule has 0 saturated heterocycles. The van der Waals surface area contributed by atoms with Crippen LogP contribution in [0.5, 0.6) is 0 Å². The van der Waals surface area contributed by atoms with E-state index >= 15 is 0 Å². The van der Waals surface area contributed by atoms with Crippen molar-refractivity contribution in [3.8, 4) is 11.1 Å². The number of hydrogen-bond donors (Lipinski definition) is 1. The Morgan fingerprint density at radius 2 is 1.69 bits per heavy atom. The monoisotopic (exact) mass is 481 g/mol. The van der Waals surface area contributed by atoms with E-state index in [-0.39, 0.29) is 30.2 Å². The third-order valence-electron chi connectivity index (χ3n) is 5.94. The molecule has 0 aliphatic carbocycles. The highest BCUT2D eigenvalue weighted by Gasteiger charge is 2.11. The first kappa shape index (κ1) is 23.2. The van der Waals surface area contributed by atoms with E-state index in [1.54, 1.807) is 16.8 Å². The van der Waals surface area contributed by atoms with Crippen molar-refractivity contribution in [1.82, 2.24) is 24.6 Å². The first-order valence-electron chi connectivity index (χ1n) is 11.6. The summed E-state index contributed by atoms with van der Waals surface area (Å²) in [6, 6.07) is 24.1. The molecule has 1 N–H and O–H groups in total. The van der Waals surface area contributed by atoms with Crippen molar-refractivity contribution in [2.45, 2.75) is 19.5 Å². The summed E-state index contributed by atoms with van der Waals surface area (Å²) >= 11 is 0. The molecule has 2 aromatic heterocycles. The maximum absolute atomic E-state index is 13.5. The molecule has 0 bridgehead atoms. The summed E-state index contributed by atoms with van der Waals surface area (Å²) in [5.41, 5.74) is 4.03. The lowest BCUT2D eigenvalue weighted by molar-refractivity contribution is -0.120. The van der Waals surface area contributed by atoms with Crippen LogP contribution in [0.15, 0.2) is 96.2 Å². The fourth-order valence-electron chi connectivity index (χ4n) is 4.10. The zero-order valence-corrected chi connectivity index (χ0v) is 19.5. The molecule has 0 atom stereocenters. The lowest BCUT2D eigenvalue weighted by Gasteiger charge is -2.08. The predicted octanol–water partition coefficient (Wildman–Crippen LogP) is 3.81. The molecule has 8 heteroatoms. The molecule has 3 aromatic carbocycles. The molecule has 5 aromatic rings. The molecule has 0 unspecified atom stereocenters. The van der Waals surface area contributed by atoms with Gasteiger partial charge in [-0.2, -0.15) is 5.10 Å². The van der Waals surface area contributed by atoms with Crippen LogP contribution in [0.25, 0.3) is 22.2 Å². The van der Waals surface area contributed by atoms with E-state index in [9.17, 15) is 14.0 Å². The maximum Gasteiger partial charge on any atom is 0.264 e. The van der Waals surface area contributed by atoms with E-state index in [0.717, 1.165) is 16.7 Å². The summed E-state index contributed by atoms with van der Waals surface area (Å²) in [4.78, 5) is 29.6. The van der Waals surface area contributed by atoms with Crippen molar-refractivity contribution in [1.29, 1.82) is 0 Å². The Bertz CT molecular complexity index is 1560. The molecule has 1 amide bonds. The van der Waals surface area contributed by atoms with Crippen LogP contribution < -0.4 is 10.9 Å². The van der Waals surface area contributed by atoms with Crippen molar-refractivity contribution >= 4 is 16.9 Å². The van der Waals surface area contributed by atoms with E-state index in [1.165, 1.54) is 29.2 Å². The van der Waals surface area contributed by atoms with Gasteiger partial charge in [-0.25, -0.2) is 14.1 Å². The van der Waals surface area contributed by atoms with Crippen LogP contribution in [-0.4, -0.2) is 31.8 Å². The van der Waals surface area contributed by atoms with Crippen LogP contribution in [0.4, 0.5) is 4.39 Å². The quantitative estimate of drug-likeness (QED) is 0.366. The second-order valence-electron chi connectivity index (χ2n) is 8.50. The standard InChI is InChI=1S/C28H24FN5O2/c29-24-8-4-5-21(15-24)18-33-19-31-27-25(28(33)36)17-32-34(27)14-13-30-26(35)16-20-9-11-23(12-10-20)22-6-2-1-3-7-22/h1-12,15,17,19H,13-14,16,18H2,(H,30,35). The fourth-order valence-corrected chi connectivity index (χ4v) is 4.10. The molecule has 0 aliphatic rings. The molecule has 0 saturated carbocycles. The van der Waals surface area contributed by atoms with Gasteiger partial charge in [-0.3, -0.25) is 14.2 Å². The van der Waals surface area contributed by atoms with Crippen LogP contribution in [0.1, 0.15) is 11.1 Å². The van der Waals surface area contributed by atoms with E-state index in [2.05, 4.69) is 27.5 Å². The van der Waals surface area contributed by atoms with Gasteiger partial charge in [0, 0.05) is 6.54 Å². The number of rotatable bonds is 8. The van der Waals surface area contributed by atoms with Crippen molar-refractivity contribution in [2.75, 3.05) is 6.54 Å². The Morgan fingerprint density at radius 3 is 2.47 bits per heavy atom. The summed E-state index contributed by atoms with van der Waals surface area (Å²) in [5.74, 6) is -0.446. The van der Waals surface area contributed by atoms with Gasteiger partial charge in [0.15, 0.2) is 5.65 Å². The number of fused-ring (bicyclic) bond motifs is 1.